The zero-order valence-corrected chi connectivity index (χ0v) is 16.4. The van der Waals surface area contributed by atoms with Crippen molar-refractivity contribution < 1.29 is 5.11 Å². The normalized spacial score (nSPS) is 18.9. The second-order valence-electron chi connectivity index (χ2n) is 8.24. The fraction of sp³-hybridized carbons (Fsp3) is 0.333. The van der Waals surface area contributed by atoms with Crippen molar-refractivity contribution in [3.05, 3.63) is 48.9 Å². The molecule has 4 heterocycles. The van der Waals surface area contributed by atoms with Gasteiger partial charge in [0.05, 0.1) is 23.8 Å². The third-order valence-electron chi connectivity index (χ3n) is 5.63. The first-order chi connectivity index (χ1) is 14.0. The Labute approximate surface area is 168 Å². The van der Waals surface area contributed by atoms with E-state index in [1.165, 1.54) is 0 Å². The predicted molar refractivity (Wildman–Crippen MR) is 110 cm³/mol. The highest BCUT2D eigenvalue weighted by Gasteiger charge is 2.29. The van der Waals surface area contributed by atoms with Crippen LogP contribution in [-0.2, 0) is 0 Å². The molecule has 3 aromatic heterocycles. The molecule has 8 heteroatoms. The van der Waals surface area contributed by atoms with Crippen LogP contribution in [0.1, 0.15) is 32.7 Å². The Morgan fingerprint density at radius 1 is 1.14 bits per heavy atom. The number of fused-ring (bicyclic) bond motifs is 1. The molecule has 0 aliphatic carbocycles. The van der Waals surface area contributed by atoms with Crippen molar-refractivity contribution in [3.63, 3.8) is 0 Å². The molecule has 0 saturated carbocycles. The van der Waals surface area contributed by atoms with Gasteiger partial charge in [-0.2, -0.15) is 0 Å². The molecule has 29 heavy (non-hydrogen) atoms. The molecule has 0 amide bonds. The van der Waals surface area contributed by atoms with Gasteiger partial charge < -0.3 is 15.0 Å². The molecule has 4 aromatic rings. The van der Waals surface area contributed by atoms with Crippen molar-refractivity contribution in [2.45, 2.75) is 38.3 Å². The molecule has 0 unspecified atom stereocenters. The summed E-state index contributed by atoms with van der Waals surface area (Å²) >= 11 is 0. The molecule has 0 bridgehead atoms. The van der Waals surface area contributed by atoms with Crippen LogP contribution in [0, 0.1) is 0 Å². The summed E-state index contributed by atoms with van der Waals surface area (Å²) in [7, 11) is 0. The summed E-state index contributed by atoms with van der Waals surface area (Å²) < 4.78 is 3.83. The van der Waals surface area contributed by atoms with Crippen molar-refractivity contribution in [2.24, 2.45) is 0 Å². The van der Waals surface area contributed by atoms with Gasteiger partial charge in [0.25, 0.3) is 0 Å². The second-order valence-corrected chi connectivity index (χ2v) is 8.24. The molecular formula is C21H23N7O. The molecule has 1 atom stereocenters. The SMILES string of the molecule is CC1(C)C[C@@H](n2ccc3cc(-c4ccc(-n5ccnn5)cc4O)nnc32)CCN1. The number of hydrogen-bond acceptors (Lipinski definition) is 6. The van der Waals surface area contributed by atoms with Crippen molar-refractivity contribution in [3.8, 4) is 22.7 Å². The number of piperidine rings is 1. The molecule has 1 aliphatic heterocycles. The zero-order chi connectivity index (χ0) is 20.0. The van der Waals surface area contributed by atoms with E-state index in [1.807, 2.05) is 18.2 Å². The third kappa shape index (κ3) is 3.25. The zero-order valence-electron chi connectivity index (χ0n) is 16.4. The van der Waals surface area contributed by atoms with Crippen LogP contribution >= 0.6 is 0 Å². The Bertz CT molecular complexity index is 1160. The number of phenolic OH excluding ortho intramolecular Hbond substituents is 1. The van der Waals surface area contributed by atoms with Crippen LogP contribution in [0.25, 0.3) is 28.0 Å². The van der Waals surface area contributed by atoms with Gasteiger partial charge in [-0.05, 0) is 57.5 Å². The van der Waals surface area contributed by atoms with E-state index in [0.717, 1.165) is 36.1 Å². The summed E-state index contributed by atoms with van der Waals surface area (Å²) in [6.07, 6.45) is 7.54. The van der Waals surface area contributed by atoms with Crippen LogP contribution in [0.5, 0.6) is 5.75 Å². The molecular weight excluding hydrogens is 366 g/mol. The van der Waals surface area contributed by atoms with E-state index in [1.54, 1.807) is 23.1 Å². The van der Waals surface area contributed by atoms with Gasteiger partial charge in [0.2, 0.25) is 0 Å². The molecule has 5 rings (SSSR count). The number of phenols is 1. The van der Waals surface area contributed by atoms with E-state index in [4.69, 9.17) is 0 Å². The maximum absolute atomic E-state index is 10.5. The predicted octanol–water partition coefficient (Wildman–Crippen LogP) is 3.09. The molecule has 0 spiro atoms. The van der Waals surface area contributed by atoms with Crippen LogP contribution in [0.4, 0.5) is 0 Å². The fourth-order valence-electron chi connectivity index (χ4n) is 4.18. The molecule has 1 aromatic carbocycles. The van der Waals surface area contributed by atoms with Crippen LogP contribution < -0.4 is 5.32 Å². The molecule has 1 saturated heterocycles. The average Bonchev–Trinajstić information content (AvgIpc) is 3.37. The standard InChI is InChI=1S/C21H23N7O/c1-21(2)13-16(5-7-22-21)27-9-6-14-11-18(24-25-20(14)27)17-4-3-15(12-19(17)29)28-10-8-23-26-28/h3-4,6,8-12,16,22,29H,5,7,13H2,1-2H3/t16-/m0/s1. The monoisotopic (exact) mass is 389 g/mol. The minimum absolute atomic E-state index is 0.116. The first-order valence-corrected chi connectivity index (χ1v) is 9.80. The van der Waals surface area contributed by atoms with Crippen molar-refractivity contribution >= 4 is 11.0 Å². The largest absolute Gasteiger partial charge is 0.507 e. The number of nitrogens with one attached hydrogen (secondary N) is 1. The highest BCUT2D eigenvalue weighted by molar-refractivity contribution is 5.81. The van der Waals surface area contributed by atoms with E-state index in [0.29, 0.717) is 17.3 Å². The van der Waals surface area contributed by atoms with Gasteiger partial charge in [-0.25, -0.2) is 4.68 Å². The number of nitrogens with zero attached hydrogens (tertiary/aromatic N) is 6. The summed E-state index contributed by atoms with van der Waals surface area (Å²) in [4.78, 5) is 0. The van der Waals surface area contributed by atoms with Crippen LogP contribution in [-0.4, -0.2) is 46.9 Å². The highest BCUT2D eigenvalue weighted by atomic mass is 16.3. The maximum Gasteiger partial charge on any atom is 0.162 e. The van der Waals surface area contributed by atoms with Crippen molar-refractivity contribution in [1.29, 1.82) is 0 Å². The van der Waals surface area contributed by atoms with Crippen LogP contribution in [0.2, 0.25) is 0 Å². The Balaban J connectivity index is 1.48. The van der Waals surface area contributed by atoms with E-state index >= 15 is 0 Å². The third-order valence-corrected chi connectivity index (χ3v) is 5.63. The molecule has 148 valence electrons. The van der Waals surface area contributed by atoms with Gasteiger partial charge in [-0.1, -0.05) is 5.21 Å². The number of aromatic hydroxyl groups is 1. The lowest BCUT2D eigenvalue weighted by Crippen LogP contribution is -2.46. The fourth-order valence-corrected chi connectivity index (χ4v) is 4.18. The number of hydrogen-bond donors (Lipinski definition) is 2. The van der Waals surface area contributed by atoms with Gasteiger partial charge in [-0.3, -0.25) is 0 Å². The van der Waals surface area contributed by atoms with Gasteiger partial charge in [-0.15, -0.1) is 15.3 Å². The maximum atomic E-state index is 10.5. The van der Waals surface area contributed by atoms with Crippen molar-refractivity contribution in [1.82, 2.24) is 35.1 Å². The van der Waals surface area contributed by atoms with E-state index in [2.05, 4.69) is 56.5 Å². The summed E-state index contributed by atoms with van der Waals surface area (Å²) in [6.45, 7) is 5.47. The lowest BCUT2D eigenvalue weighted by molar-refractivity contribution is 0.235. The first-order valence-electron chi connectivity index (χ1n) is 9.80. The minimum atomic E-state index is 0.116. The minimum Gasteiger partial charge on any atom is -0.507 e. The molecule has 2 N–H and O–H groups in total. The Morgan fingerprint density at radius 3 is 2.79 bits per heavy atom. The lowest BCUT2D eigenvalue weighted by Gasteiger charge is -2.37. The average molecular weight is 389 g/mol. The number of rotatable bonds is 3. The highest BCUT2D eigenvalue weighted by Crippen LogP contribution is 2.33. The Hall–Kier alpha value is -3.26. The van der Waals surface area contributed by atoms with Crippen LogP contribution in [0.3, 0.4) is 0 Å². The summed E-state index contributed by atoms with van der Waals surface area (Å²) in [6, 6.07) is 9.81. The molecule has 0 radical (unpaired) electrons. The van der Waals surface area contributed by atoms with Gasteiger partial charge in [0.15, 0.2) is 5.65 Å². The number of aromatic nitrogens is 6. The topological polar surface area (TPSA) is 93.7 Å². The van der Waals surface area contributed by atoms with E-state index < -0.39 is 0 Å². The van der Waals surface area contributed by atoms with E-state index in [9.17, 15) is 5.11 Å². The second kappa shape index (κ2) is 6.66. The Morgan fingerprint density at radius 2 is 2.03 bits per heavy atom. The smallest absolute Gasteiger partial charge is 0.162 e. The van der Waals surface area contributed by atoms with Gasteiger partial charge in [0, 0.05) is 34.8 Å². The quantitative estimate of drug-likeness (QED) is 0.559. The molecule has 1 fully saturated rings. The summed E-state index contributed by atoms with van der Waals surface area (Å²) in [5, 5.41) is 31.8. The van der Waals surface area contributed by atoms with Crippen molar-refractivity contribution in [2.75, 3.05) is 6.54 Å². The molecule has 1 aliphatic rings. The Kier molecular flexibility index (Phi) is 4.09. The van der Waals surface area contributed by atoms with Gasteiger partial charge in [0.1, 0.15) is 5.75 Å². The summed E-state index contributed by atoms with van der Waals surface area (Å²) in [5.74, 6) is 0.131. The molecule has 8 nitrogen and oxygen atoms in total. The van der Waals surface area contributed by atoms with Crippen LogP contribution in [0.15, 0.2) is 48.9 Å². The number of benzene rings is 1. The lowest BCUT2D eigenvalue weighted by atomic mass is 9.89. The van der Waals surface area contributed by atoms with E-state index in [-0.39, 0.29) is 11.3 Å². The first kappa shape index (κ1) is 17.8. The summed E-state index contributed by atoms with van der Waals surface area (Å²) in [5.41, 5.74) is 3.01. The van der Waals surface area contributed by atoms with Gasteiger partial charge >= 0.3 is 0 Å².